The van der Waals surface area contributed by atoms with E-state index in [1.807, 2.05) is 41.3 Å². The number of nitrogens with zero attached hydrogens (tertiary/aromatic N) is 1. The molecule has 32 heavy (non-hydrogen) atoms. The molecule has 0 saturated carbocycles. The standard InChI is InChI=1S/C26H23Cl3N2O/c27-21-5-2-1-4-18(21)20-14-17(16-10-12-30-13-11-16)15-24-19(20)8-9-25(32)31(24)26-22(28)6-3-7-23(26)29/h1-9,14-16,25,30,32H,10-13H2. The van der Waals surface area contributed by atoms with Crippen molar-refractivity contribution in [2.75, 3.05) is 18.0 Å². The van der Waals surface area contributed by atoms with Crippen LogP contribution in [-0.2, 0) is 0 Å². The number of hydrogen-bond donors (Lipinski definition) is 2. The highest BCUT2D eigenvalue weighted by Gasteiger charge is 2.30. The van der Waals surface area contributed by atoms with Crippen LogP contribution in [0.2, 0.25) is 15.1 Å². The quantitative estimate of drug-likeness (QED) is 0.409. The van der Waals surface area contributed by atoms with Gasteiger partial charge in [0.05, 0.1) is 21.4 Å². The molecule has 0 aromatic heterocycles. The van der Waals surface area contributed by atoms with Crippen molar-refractivity contribution in [3.8, 4) is 11.1 Å². The molecule has 0 bridgehead atoms. The lowest BCUT2D eigenvalue weighted by molar-refractivity contribution is 0.229. The number of para-hydroxylation sites is 1. The van der Waals surface area contributed by atoms with Gasteiger partial charge in [-0.3, -0.25) is 0 Å². The molecular formula is C26H23Cl3N2O. The molecule has 3 aromatic carbocycles. The molecule has 1 atom stereocenters. The summed E-state index contributed by atoms with van der Waals surface area (Å²) >= 11 is 19.8. The van der Waals surface area contributed by atoms with E-state index >= 15 is 0 Å². The number of anilines is 2. The number of piperidine rings is 1. The zero-order valence-electron chi connectivity index (χ0n) is 17.4. The predicted molar refractivity (Wildman–Crippen MR) is 135 cm³/mol. The van der Waals surface area contributed by atoms with Crippen LogP contribution in [0.4, 0.5) is 11.4 Å². The topological polar surface area (TPSA) is 35.5 Å². The number of aliphatic hydroxyl groups excluding tert-OH is 1. The van der Waals surface area contributed by atoms with Crippen LogP contribution in [0, 0.1) is 0 Å². The molecule has 2 aliphatic heterocycles. The van der Waals surface area contributed by atoms with E-state index in [-0.39, 0.29) is 0 Å². The molecule has 0 radical (unpaired) electrons. The lowest BCUT2D eigenvalue weighted by Gasteiger charge is -2.36. The minimum atomic E-state index is -0.887. The second kappa shape index (κ2) is 9.09. The predicted octanol–water partition coefficient (Wildman–Crippen LogP) is 7.26. The molecule has 0 spiro atoms. The van der Waals surface area contributed by atoms with Crippen LogP contribution in [0.1, 0.15) is 29.9 Å². The molecule has 1 fully saturated rings. The van der Waals surface area contributed by atoms with Crippen LogP contribution in [0.3, 0.4) is 0 Å². The lowest BCUT2D eigenvalue weighted by Crippen LogP contribution is -2.32. The highest BCUT2D eigenvalue weighted by molar-refractivity contribution is 6.39. The van der Waals surface area contributed by atoms with Gasteiger partial charge in [0.25, 0.3) is 0 Å². The Labute approximate surface area is 203 Å². The maximum absolute atomic E-state index is 11.0. The van der Waals surface area contributed by atoms with Gasteiger partial charge < -0.3 is 15.3 Å². The Balaban J connectivity index is 1.77. The van der Waals surface area contributed by atoms with Gasteiger partial charge in [0.2, 0.25) is 0 Å². The van der Waals surface area contributed by atoms with Crippen LogP contribution >= 0.6 is 34.8 Å². The van der Waals surface area contributed by atoms with Gasteiger partial charge in [0.15, 0.2) is 6.23 Å². The molecule has 3 nitrogen and oxygen atoms in total. The second-order valence-electron chi connectivity index (χ2n) is 8.22. The van der Waals surface area contributed by atoms with Crippen molar-refractivity contribution in [1.82, 2.24) is 5.32 Å². The third-order valence-corrected chi connectivity index (χ3v) is 7.23. The van der Waals surface area contributed by atoms with Gasteiger partial charge in [-0.2, -0.15) is 0 Å². The van der Waals surface area contributed by atoms with Gasteiger partial charge in [-0.25, -0.2) is 0 Å². The number of fused-ring (bicyclic) bond motifs is 1. The van der Waals surface area contributed by atoms with Gasteiger partial charge in [-0.05, 0) is 73.3 Å². The number of hydrogen-bond acceptors (Lipinski definition) is 3. The van der Waals surface area contributed by atoms with E-state index in [1.165, 1.54) is 5.56 Å². The Bertz CT molecular complexity index is 1170. The van der Waals surface area contributed by atoms with Crippen molar-refractivity contribution < 1.29 is 5.11 Å². The summed E-state index contributed by atoms with van der Waals surface area (Å²) < 4.78 is 0. The Kier molecular flexibility index (Phi) is 6.20. The lowest BCUT2D eigenvalue weighted by atomic mass is 9.85. The Morgan fingerprint density at radius 3 is 2.25 bits per heavy atom. The molecule has 5 rings (SSSR count). The molecule has 6 heteroatoms. The van der Waals surface area contributed by atoms with E-state index in [0.29, 0.717) is 26.7 Å². The highest BCUT2D eigenvalue weighted by atomic mass is 35.5. The van der Waals surface area contributed by atoms with Crippen molar-refractivity contribution in [2.24, 2.45) is 0 Å². The van der Waals surface area contributed by atoms with E-state index in [0.717, 1.165) is 48.3 Å². The van der Waals surface area contributed by atoms with Crippen molar-refractivity contribution in [2.45, 2.75) is 25.0 Å². The maximum Gasteiger partial charge on any atom is 0.150 e. The summed E-state index contributed by atoms with van der Waals surface area (Å²) in [6, 6.07) is 17.7. The van der Waals surface area contributed by atoms with Crippen molar-refractivity contribution in [1.29, 1.82) is 0 Å². The largest absolute Gasteiger partial charge is 0.370 e. The first kappa shape index (κ1) is 21.8. The molecular weight excluding hydrogens is 463 g/mol. The third-order valence-electron chi connectivity index (χ3n) is 6.29. The number of aliphatic hydroxyl groups is 1. The highest BCUT2D eigenvalue weighted by Crippen LogP contribution is 2.47. The maximum atomic E-state index is 11.0. The van der Waals surface area contributed by atoms with Crippen LogP contribution in [-0.4, -0.2) is 24.4 Å². The van der Waals surface area contributed by atoms with Gasteiger partial charge in [0, 0.05) is 16.1 Å². The summed E-state index contributed by atoms with van der Waals surface area (Å²) in [5, 5.41) is 16.1. The smallest absolute Gasteiger partial charge is 0.150 e. The molecule has 1 unspecified atom stereocenters. The molecule has 0 aliphatic carbocycles. The average molecular weight is 486 g/mol. The fourth-order valence-electron chi connectivity index (χ4n) is 4.71. The fourth-order valence-corrected chi connectivity index (χ4v) is 5.53. The van der Waals surface area contributed by atoms with Crippen LogP contribution in [0.25, 0.3) is 17.2 Å². The minimum Gasteiger partial charge on any atom is -0.370 e. The van der Waals surface area contributed by atoms with Crippen LogP contribution in [0.5, 0.6) is 0 Å². The summed E-state index contributed by atoms with van der Waals surface area (Å²) in [6.45, 7) is 1.98. The van der Waals surface area contributed by atoms with E-state index in [2.05, 4.69) is 17.4 Å². The fraction of sp³-hybridized carbons (Fsp3) is 0.231. The SMILES string of the molecule is OC1C=Cc2c(-c3ccccc3Cl)cc(C3CCNCC3)cc2N1c1c(Cl)cccc1Cl. The van der Waals surface area contributed by atoms with Crippen molar-refractivity contribution >= 4 is 52.3 Å². The van der Waals surface area contributed by atoms with Gasteiger partial charge >= 0.3 is 0 Å². The number of nitrogens with one attached hydrogen (secondary N) is 1. The third kappa shape index (κ3) is 3.93. The van der Waals surface area contributed by atoms with Gasteiger partial charge in [-0.1, -0.05) is 71.2 Å². The molecule has 2 aliphatic rings. The van der Waals surface area contributed by atoms with E-state index in [1.54, 1.807) is 18.2 Å². The molecule has 1 saturated heterocycles. The normalized spacial score (nSPS) is 18.6. The van der Waals surface area contributed by atoms with Crippen molar-refractivity contribution in [3.63, 3.8) is 0 Å². The summed E-state index contributed by atoms with van der Waals surface area (Å²) in [5.74, 6) is 0.425. The minimum absolute atomic E-state index is 0.425. The summed E-state index contributed by atoms with van der Waals surface area (Å²) in [7, 11) is 0. The Morgan fingerprint density at radius 2 is 1.53 bits per heavy atom. The van der Waals surface area contributed by atoms with E-state index in [4.69, 9.17) is 34.8 Å². The second-order valence-corrected chi connectivity index (χ2v) is 9.44. The summed E-state index contributed by atoms with van der Waals surface area (Å²) in [6.07, 6.45) is 4.96. The monoisotopic (exact) mass is 484 g/mol. The molecule has 0 amide bonds. The summed E-state index contributed by atoms with van der Waals surface area (Å²) in [4.78, 5) is 1.82. The molecule has 164 valence electrons. The number of halogens is 3. The van der Waals surface area contributed by atoms with Crippen molar-refractivity contribution in [3.05, 3.63) is 86.9 Å². The van der Waals surface area contributed by atoms with Crippen LogP contribution < -0.4 is 10.2 Å². The first-order valence-electron chi connectivity index (χ1n) is 10.8. The molecule has 2 heterocycles. The number of benzene rings is 3. The average Bonchev–Trinajstić information content (AvgIpc) is 2.80. The van der Waals surface area contributed by atoms with E-state index in [9.17, 15) is 5.11 Å². The molecule has 2 N–H and O–H groups in total. The van der Waals surface area contributed by atoms with Crippen LogP contribution in [0.15, 0.2) is 60.7 Å². The Hall–Kier alpha value is -2.01. The first-order chi connectivity index (χ1) is 15.5. The zero-order valence-corrected chi connectivity index (χ0v) is 19.6. The van der Waals surface area contributed by atoms with Gasteiger partial charge in [0.1, 0.15) is 0 Å². The number of rotatable bonds is 3. The zero-order chi connectivity index (χ0) is 22.2. The first-order valence-corrected chi connectivity index (χ1v) is 11.9. The van der Waals surface area contributed by atoms with E-state index < -0.39 is 6.23 Å². The Morgan fingerprint density at radius 1 is 0.844 bits per heavy atom. The summed E-state index contributed by atoms with van der Waals surface area (Å²) in [5.41, 5.74) is 5.70. The van der Waals surface area contributed by atoms with Gasteiger partial charge in [-0.15, -0.1) is 0 Å². The molecule has 3 aromatic rings.